The third kappa shape index (κ3) is 6.75. The van der Waals surface area contributed by atoms with E-state index in [1.807, 2.05) is 0 Å². The summed E-state index contributed by atoms with van der Waals surface area (Å²) in [4.78, 5) is 20.4. The largest absolute Gasteiger partial charge is 0.454 e. The van der Waals surface area contributed by atoms with E-state index >= 15 is 0 Å². The van der Waals surface area contributed by atoms with E-state index in [9.17, 15) is 18.0 Å². The molecule has 4 rings (SSSR count). The van der Waals surface area contributed by atoms with Crippen LogP contribution in [0.3, 0.4) is 0 Å². The molecule has 0 atom stereocenters. The van der Waals surface area contributed by atoms with Crippen molar-refractivity contribution in [3.63, 3.8) is 0 Å². The SMILES string of the molecule is Cl.Cl.Nc1cc(Oc2ccc(Nc3ccncc3C(=O)Nc3ccc(F)cc3F)cc2F)ccn1. The number of anilines is 4. The second kappa shape index (κ2) is 11.9. The van der Waals surface area contributed by atoms with E-state index in [2.05, 4.69) is 20.6 Å². The van der Waals surface area contributed by atoms with Gasteiger partial charge in [-0.3, -0.25) is 9.78 Å². The Bertz CT molecular complexity index is 1340. The van der Waals surface area contributed by atoms with Gasteiger partial charge in [-0.2, -0.15) is 0 Å². The fourth-order valence-corrected chi connectivity index (χ4v) is 2.90. The molecule has 35 heavy (non-hydrogen) atoms. The van der Waals surface area contributed by atoms with E-state index in [1.54, 1.807) is 6.07 Å². The van der Waals surface area contributed by atoms with Gasteiger partial charge >= 0.3 is 0 Å². The molecule has 0 bridgehead atoms. The molecule has 0 fully saturated rings. The van der Waals surface area contributed by atoms with Crippen molar-refractivity contribution in [3.8, 4) is 11.5 Å². The molecule has 0 radical (unpaired) electrons. The Morgan fingerprint density at radius 3 is 2.40 bits per heavy atom. The lowest BCUT2D eigenvalue weighted by atomic mass is 10.2. The van der Waals surface area contributed by atoms with Crippen LogP contribution in [0.5, 0.6) is 11.5 Å². The third-order valence-corrected chi connectivity index (χ3v) is 4.44. The highest BCUT2D eigenvalue weighted by Gasteiger charge is 2.15. The summed E-state index contributed by atoms with van der Waals surface area (Å²) >= 11 is 0. The van der Waals surface area contributed by atoms with Crippen LogP contribution in [0.2, 0.25) is 0 Å². The molecule has 0 spiro atoms. The number of carbonyl (C=O) groups is 1. The van der Waals surface area contributed by atoms with Gasteiger partial charge in [0, 0.05) is 42.5 Å². The van der Waals surface area contributed by atoms with E-state index in [0.29, 0.717) is 23.2 Å². The highest BCUT2D eigenvalue weighted by molar-refractivity contribution is 6.08. The number of halogens is 5. The maximum absolute atomic E-state index is 14.6. The topological polar surface area (TPSA) is 102 Å². The standard InChI is InChI=1S/C23H16F3N5O2.2ClH/c24-13-1-3-20(17(25)9-13)31-23(32)16-12-28-7-6-19(16)30-14-2-4-21(18(26)10-14)33-15-5-8-29-22(27)11-15;;/h1-12H,(H2,27,29)(H,28,30)(H,31,32);2*1H. The summed E-state index contributed by atoms with van der Waals surface area (Å²) in [6.45, 7) is 0. The molecule has 1 amide bonds. The molecule has 0 unspecified atom stereocenters. The third-order valence-electron chi connectivity index (χ3n) is 4.44. The second-order valence-electron chi connectivity index (χ2n) is 6.79. The summed E-state index contributed by atoms with van der Waals surface area (Å²) in [5, 5.41) is 5.29. The number of nitrogen functional groups attached to an aromatic ring is 1. The maximum Gasteiger partial charge on any atom is 0.259 e. The van der Waals surface area contributed by atoms with Crippen LogP contribution in [0.4, 0.5) is 36.1 Å². The predicted molar refractivity (Wildman–Crippen MR) is 131 cm³/mol. The molecule has 2 aromatic heterocycles. The number of amides is 1. The molecule has 0 saturated carbocycles. The average Bonchev–Trinajstić information content (AvgIpc) is 2.78. The van der Waals surface area contributed by atoms with Crippen LogP contribution in [-0.4, -0.2) is 15.9 Å². The van der Waals surface area contributed by atoms with E-state index in [-0.39, 0.29) is 47.6 Å². The Hall–Kier alpha value is -4.02. The first-order valence-electron chi connectivity index (χ1n) is 9.55. The summed E-state index contributed by atoms with van der Waals surface area (Å²) in [7, 11) is 0. The minimum Gasteiger partial charge on any atom is -0.454 e. The van der Waals surface area contributed by atoms with Crippen molar-refractivity contribution in [2.45, 2.75) is 0 Å². The van der Waals surface area contributed by atoms with Crippen LogP contribution >= 0.6 is 24.8 Å². The second-order valence-corrected chi connectivity index (χ2v) is 6.79. The van der Waals surface area contributed by atoms with Crippen molar-refractivity contribution in [2.75, 3.05) is 16.4 Å². The first-order valence-corrected chi connectivity index (χ1v) is 9.55. The number of nitrogens with zero attached hydrogens (tertiary/aromatic N) is 2. The molecule has 12 heteroatoms. The minimum absolute atomic E-state index is 0. The summed E-state index contributed by atoms with van der Waals surface area (Å²) in [5.74, 6) is -2.52. The highest BCUT2D eigenvalue weighted by Crippen LogP contribution is 2.29. The van der Waals surface area contributed by atoms with Gasteiger partial charge in [-0.1, -0.05) is 0 Å². The van der Waals surface area contributed by atoms with E-state index < -0.39 is 23.4 Å². The molecule has 7 nitrogen and oxygen atoms in total. The number of aromatic nitrogens is 2. The van der Waals surface area contributed by atoms with E-state index in [1.165, 1.54) is 48.9 Å². The minimum atomic E-state index is -0.921. The van der Waals surface area contributed by atoms with Crippen LogP contribution in [0.1, 0.15) is 10.4 Å². The highest BCUT2D eigenvalue weighted by atomic mass is 35.5. The number of benzene rings is 2. The van der Waals surface area contributed by atoms with Gasteiger partial charge in [0.25, 0.3) is 5.91 Å². The number of ether oxygens (including phenoxy) is 1. The van der Waals surface area contributed by atoms with Gasteiger partial charge in [-0.05, 0) is 36.4 Å². The predicted octanol–water partition coefficient (Wildman–Crippen LogP) is 6.11. The first kappa shape index (κ1) is 27.2. The molecule has 0 aliphatic heterocycles. The maximum atomic E-state index is 14.6. The molecule has 2 heterocycles. The lowest BCUT2D eigenvalue weighted by Gasteiger charge is -2.13. The summed E-state index contributed by atoms with van der Waals surface area (Å²) < 4.78 is 47.1. The number of hydrogen-bond acceptors (Lipinski definition) is 6. The van der Waals surface area contributed by atoms with Crippen molar-refractivity contribution >= 4 is 53.6 Å². The van der Waals surface area contributed by atoms with Crippen molar-refractivity contribution in [1.82, 2.24) is 9.97 Å². The fraction of sp³-hybridized carbons (Fsp3) is 0. The average molecular weight is 524 g/mol. The first-order chi connectivity index (χ1) is 15.9. The van der Waals surface area contributed by atoms with Gasteiger partial charge in [0.2, 0.25) is 0 Å². The van der Waals surface area contributed by atoms with Crippen LogP contribution < -0.4 is 21.1 Å². The zero-order valence-corrected chi connectivity index (χ0v) is 19.3. The van der Waals surface area contributed by atoms with Crippen LogP contribution in [-0.2, 0) is 0 Å². The quantitative estimate of drug-likeness (QED) is 0.282. The molecular weight excluding hydrogens is 506 g/mol. The van der Waals surface area contributed by atoms with Gasteiger partial charge in [0.05, 0.1) is 16.9 Å². The van der Waals surface area contributed by atoms with Crippen molar-refractivity contribution in [1.29, 1.82) is 0 Å². The molecule has 4 aromatic rings. The number of rotatable bonds is 6. The Labute approximate surface area is 210 Å². The summed E-state index contributed by atoms with van der Waals surface area (Å²) in [6, 6.07) is 11.4. The number of carbonyl (C=O) groups excluding carboxylic acids is 1. The smallest absolute Gasteiger partial charge is 0.259 e. The summed E-state index contributed by atoms with van der Waals surface area (Å²) in [5.41, 5.74) is 6.08. The van der Waals surface area contributed by atoms with Crippen LogP contribution in [0.15, 0.2) is 73.2 Å². The molecule has 2 aromatic carbocycles. The Kier molecular flexibility index (Phi) is 9.26. The van der Waals surface area contributed by atoms with E-state index in [0.717, 1.165) is 12.1 Å². The van der Waals surface area contributed by atoms with Crippen molar-refractivity contribution in [2.24, 2.45) is 0 Å². The Morgan fingerprint density at radius 2 is 1.69 bits per heavy atom. The van der Waals surface area contributed by atoms with Crippen LogP contribution in [0, 0.1) is 17.5 Å². The fourth-order valence-electron chi connectivity index (χ4n) is 2.90. The molecule has 4 N–H and O–H groups in total. The summed E-state index contributed by atoms with van der Waals surface area (Å²) in [6.07, 6.45) is 4.13. The molecular formula is C23H18Cl2F3N5O2. The van der Waals surface area contributed by atoms with Gasteiger partial charge < -0.3 is 21.1 Å². The zero-order valence-electron chi connectivity index (χ0n) is 17.7. The Morgan fingerprint density at radius 1 is 0.886 bits per heavy atom. The van der Waals surface area contributed by atoms with Crippen molar-refractivity contribution in [3.05, 3.63) is 96.2 Å². The molecule has 0 aliphatic rings. The van der Waals surface area contributed by atoms with Gasteiger partial charge in [-0.15, -0.1) is 24.8 Å². The number of nitrogens with two attached hydrogens (primary N) is 1. The lowest BCUT2D eigenvalue weighted by Crippen LogP contribution is -2.15. The monoisotopic (exact) mass is 523 g/mol. The zero-order chi connectivity index (χ0) is 23.4. The van der Waals surface area contributed by atoms with E-state index in [4.69, 9.17) is 10.5 Å². The Balaban J connectivity index is 0.00000216. The van der Waals surface area contributed by atoms with Crippen molar-refractivity contribution < 1.29 is 22.7 Å². The molecule has 0 saturated heterocycles. The number of hydrogen-bond donors (Lipinski definition) is 3. The lowest BCUT2D eigenvalue weighted by molar-refractivity contribution is 0.102. The van der Waals surface area contributed by atoms with Crippen LogP contribution in [0.25, 0.3) is 0 Å². The number of nitrogens with one attached hydrogen (secondary N) is 2. The van der Waals surface area contributed by atoms with Gasteiger partial charge in [0.15, 0.2) is 11.6 Å². The van der Waals surface area contributed by atoms with Gasteiger partial charge in [0.1, 0.15) is 23.2 Å². The normalized spacial score (nSPS) is 9.91. The molecule has 182 valence electrons. The molecule has 0 aliphatic carbocycles. The van der Waals surface area contributed by atoms with Gasteiger partial charge in [-0.25, -0.2) is 18.2 Å². The number of pyridine rings is 2.